The first-order valence-corrected chi connectivity index (χ1v) is 12.5. The van der Waals surface area contributed by atoms with Gasteiger partial charge < -0.3 is 37.2 Å². The average molecular weight is 490 g/mol. The van der Waals surface area contributed by atoms with Gasteiger partial charge in [0.05, 0.1) is 0 Å². The Labute approximate surface area is 204 Å². The van der Waals surface area contributed by atoms with Crippen LogP contribution in [0.2, 0.25) is 8.76 Å². The van der Waals surface area contributed by atoms with Crippen LogP contribution in [0, 0.1) is 11.8 Å². The van der Waals surface area contributed by atoms with Crippen LogP contribution >= 0.6 is 0 Å². The van der Waals surface area contributed by atoms with E-state index in [9.17, 15) is 0 Å². The van der Waals surface area contributed by atoms with Crippen LogP contribution in [0.5, 0.6) is 0 Å². The van der Waals surface area contributed by atoms with Gasteiger partial charge in [-0.05, 0) is 0 Å². The fourth-order valence-electron chi connectivity index (χ4n) is 5.89. The van der Waals surface area contributed by atoms with Gasteiger partial charge in [0.2, 0.25) is 0 Å². The molecule has 0 saturated heterocycles. The molecule has 0 bridgehead atoms. The number of hydrogen-bond acceptors (Lipinski definition) is 0. The van der Waals surface area contributed by atoms with Gasteiger partial charge in [0.15, 0.2) is 0 Å². The summed E-state index contributed by atoms with van der Waals surface area (Å²) in [6, 6.07) is 11.4. The van der Waals surface area contributed by atoms with Crippen molar-refractivity contribution >= 4 is 14.7 Å². The molecule has 0 amide bonds. The largest absolute Gasteiger partial charge is 1.00 e. The van der Waals surface area contributed by atoms with Gasteiger partial charge in [0, 0.05) is 0 Å². The van der Waals surface area contributed by atoms with E-state index in [-0.39, 0.29) is 46.7 Å². The van der Waals surface area contributed by atoms with Crippen molar-refractivity contribution in [3.63, 3.8) is 0 Å². The summed E-state index contributed by atoms with van der Waals surface area (Å²) in [7, 11) is -0.305. The third kappa shape index (κ3) is 5.21. The van der Waals surface area contributed by atoms with E-state index in [1.165, 1.54) is 51.4 Å². The zero-order chi connectivity index (χ0) is 17.3. The number of benzene rings is 1. The van der Waals surface area contributed by atoms with Crippen LogP contribution in [-0.4, -0.2) is 9.52 Å². The molecular weight excluding hydrogens is 459 g/mol. The molecule has 0 spiro atoms. The van der Waals surface area contributed by atoms with E-state index >= 15 is 0 Å². The van der Waals surface area contributed by atoms with Crippen LogP contribution in [0.3, 0.4) is 0 Å². The smallest absolute Gasteiger partial charge is 1.00 e. The molecule has 0 heterocycles. The predicted molar refractivity (Wildman–Crippen MR) is 107 cm³/mol. The summed E-state index contributed by atoms with van der Waals surface area (Å²) in [5, 5.41) is 2.18. The van der Waals surface area contributed by atoms with Crippen molar-refractivity contribution in [3.05, 3.63) is 54.1 Å². The number of allylic oxidation sites excluding steroid dienone is 4. The molecule has 2 saturated carbocycles. The van der Waals surface area contributed by atoms with Gasteiger partial charge >= 0.3 is 168 Å². The molecule has 5 heteroatoms. The Hall–Kier alpha value is 0.501. The van der Waals surface area contributed by atoms with E-state index < -0.39 is 0 Å². The molecule has 28 heavy (non-hydrogen) atoms. The third-order valence-electron chi connectivity index (χ3n) is 7.25. The molecule has 152 valence electrons. The Morgan fingerprint density at radius 1 is 1.04 bits per heavy atom. The monoisotopic (exact) mass is 488 g/mol. The number of rotatable bonds is 4. The van der Waals surface area contributed by atoms with Gasteiger partial charge in [-0.2, -0.15) is 0 Å². The Kier molecular flexibility index (Phi) is 10.6. The van der Waals surface area contributed by atoms with Crippen LogP contribution < -0.4 is 42.4 Å². The quantitative estimate of drug-likeness (QED) is 0.382. The normalized spacial score (nSPS) is 32.1. The second kappa shape index (κ2) is 11.2. The van der Waals surface area contributed by atoms with Crippen molar-refractivity contribution in [2.75, 3.05) is 0 Å². The van der Waals surface area contributed by atoms with E-state index in [4.69, 9.17) is 0 Å². The van der Waals surface area contributed by atoms with E-state index in [1.807, 2.05) is 5.57 Å². The first-order valence-electron chi connectivity index (χ1n) is 10.3. The maximum atomic E-state index is 2.66. The minimum absolute atomic E-state index is 0. The molecule has 1 aromatic carbocycles. The summed E-state index contributed by atoms with van der Waals surface area (Å²) >= 11 is 2.66. The summed E-state index contributed by atoms with van der Waals surface area (Å²) in [6.45, 7) is 2.66. The van der Waals surface area contributed by atoms with E-state index in [2.05, 4.69) is 75.9 Å². The molecule has 0 N–H and O–H groups in total. The minimum atomic E-state index is -0.305. The molecular formula is C23H31Cl3SiTi. The molecule has 3 unspecified atom stereocenters. The van der Waals surface area contributed by atoms with Crippen molar-refractivity contribution in [1.29, 1.82) is 0 Å². The first kappa shape index (κ1) is 26.5. The molecule has 0 nitrogen and oxygen atoms in total. The van der Waals surface area contributed by atoms with Crippen molar-refractivity contribution < 1.29 is 57.7 Å². The van der Waals surface area contributed by atoms with Crippen molar-refractivity contribution in [3.8, 4) is 0 Å². The summed E-state index contributed by atoms with van der Waals surface area (Å²) in [5.41, 5.74) is 1.81. The second-order valence-corrected chi connectivity index (χ2v) is 13.1. The molecule has 1 aromatic rings. The van der Waals surface area contributed by atoms with Gasteiger partial charge in [-0.3, -0.25) is 0 Å². The molecule has 3 aliphatic carbocycles. The summed E-state index contributed by atoms with van der Waals surface area (Å²) in [6.07, 6.45) is 18.8. The predicted octanol–water partition coefficient (Wildman–Crippen LogP) is -3.75. The molecule has 3 aliphatic rings. The standard InChI is InChI=1S/C23H31Si.3ClH.Ti/c1-23(24-20-13-6-3-7-14-20)17-19-12-8-9-15-21(19)22(23)16-18-10-4-2-5-11-18;;;;/h3,6-9,13-15,18-19H,2,4-5,10-12,16-17,24H2,1H3;3*1H;/q;;;;+3/p-3. The molecule has 4 rings (SSSR count). The molecule has 0 aromatic heterocycles. The zero-order valence-electron chi connectivity index (χ0n) is 16.8. The number of halogens is 3. The van der Waals surface area contributed by atoms with Gasteiger partial charge in [-0.25, -0.2) is 0 Å². The number of fused-ring (bicyclic) bond motifs is 1. The fourth-order valence-corrected chi connectivity index (χ4v) is 9.91. The first-order chi connectivity index (χ1) is 12.1. The van der Waals surface area contributed by atoms with Crippen LogP contribution in [0.4, 0.5) is 0 Å². The Morgan fingerprint density at radius 2 is 1.71 bits per heavy atom. The maximum Gasteiger partial charge on any atom is -1.00 e. The Morgan fingerprint density at radius 3 is 2.39 bits per heavy atom. The average Bonchev–Trinajstić information content (AvgIpc) is 2.84. The summed E-state index contributed by atoms with van der Waals surface area (Å²) in [4.78, 5) is 0. The Bertz CT molecular complexity index is 672. The van der Waals surface area contributed by atoms with Crippen LogP contribution in [-0.2, 0) is 20.4 Å². The Balaban J connectivity index is 0.00000131. The zero-order valence-corrected chi connectivity index (χ0v) is 22.0. The second-order valence-electron chi connectivity index (χ2n) is 9.02. The van der Waals surface area contributed by atoms with Crippen molar-refractivity contribution in [1.82, 2.24) is 0 Å². The van der Waals surface area contributed by atoms with Gasteiger partial charge in [-0.1, -0.05) is 0 Å². The van der Waals surface area contributed by atoms with Crippen molar-refractivity contribution in [2.45, 2.75) is 67.0 Å². The summed E-state index contributed by atoms with van der Waals surface area (Å²) < 4.78 is 0.423. The van der Waals surface area contributed by atoms with Crippen LogP contribution in [0.15, 0.2) is 54.1 Å². The minimum Gasteiger partial charge on any atom is -1.00 e. The van der Waals surface area contributed by atoms with E-state index in [0.29, 0.717) is 8.76 Å². The molecule has 2 fully saturated rings. The SMILES string of the molecule is CC1([SiH2]c2ccccc2)CC2CC=CC=C2[C]1([Ti+3])CC1CCCCC1.[Cl-].[Cl-].[Cl-]. The topological polar surface area (TPSA) is 0 Å². The van der Waals surface area contributed by atoms with Crippen LogP contribution in [0.25, 0.3) is 0 Å². The molecule has 0 aliphatic heterocycles. The molecule has 0 radical (unpaired) electrons. The van der Waals surface area contributed by atoms with Gasteiger partial charge in [0.25, 0.3) is 0 Å². The maximum absolute atomic E-state index is 2.66. The van der Waals surface area contributed by atoms with E-state index in [1.54, 1.807) is 5.19 Å². The van der Waals surface area contributed by atoms with Crippen LogP contribution in [0.1, 0.15) is 58.3 Å². The number of hydrogen-bond donors (Lipinski definition) is 0. The summed E-state index contributed by atoms with van der Waals surface area (Å²) in [5.74, 6) is 1.79. The van der Waals surface area contributed by atoms with Crippen molar-refractivity contribution in [2.24, 2.45) is 11.8 Å². The fraction of sp³-hybridized carbons (Fsp3) is 0.565. The third-order valence-corrected chi connectivity index (χ3v) is 12.1. The van der Waals surface area contributed by atoms with Gasteiger partial charge in [0.1, 0.15) is 0 Å². The van der Waals surface area contributed by atoms with Gasteiger partial charge in [-0.15, -0.1) is 0 Å². The van der Waals surface area contributed by atoms with E-state index in [0.717, 1.165) is 11.8 Å². The molecule has 3 atom stereocenters.